The molecule has 1 atom stereocenters. The van der Waals surface area contributed by atoms with E-state index in [0.717, 1.165) is 11.3 Å². The molecule has 3 nitrogen and oxygen atoms in total. The van der Waals surface area contributed by atoms with Crippen molar-refractivity contribution in [3.8, 4) is 5.75 Å². The van der Waals surface area contributed by atoms with Gasteiger partial charge < -0.3 is 10.1 Å². The van der Waals surface area contributed by atoms with Crippen molar-refractivity contribution in [2.45, 2.75) is 6.04 Å². The zero-order valence-corrected chi connectivity index (χ0v) is 11.4. The third kappa shape index (κ3) is 3.03. The Morgan fingerprint density at radius 1 is 1.32 bits per heavy atom. The molecule has 0 aliphatic heterocycles. The highest BCUT2D eigenvalue weighted by atomic mass is 35.5. The fraction of sp³-hybridized carbons (Fsp3) is 0.214. The molecule has 0 saturated heterocycles. The molecule has 0 radical (unpaired) electrons. The predicted molar refractivity (Wildman–Crippen MR) is 73.1 cm³/mol. The number of ether oxygens (including phenoxy) is 1. The van der Waals surface area contributed by atoms with E-state index < -0.39 is 5.82 Å². The molecule has 1 heterocycles. The molecule has 0 amide bonds. The minimum Gasteiger partial charge on any atom is -0.494 e. The molecule has 0 spiro atoms. The van der Waals surface area contributed by atoms with Crippen LogP contribution in [-0.4, -0.2) is 19.1 Å². The van der Waals surface area contributed by atoms with Crippen LogP contribution < -0.4 is 10.1 Å². The van der Waals surface area contributed by atoms with Gasteiger partial charge in [0.25, 0.3) is 0 Å². The van der Waals surface area contributed by atoms with Gasteiger partial charge in [0.1, 0.15) is 0 Å². The fourth-order valence-corrected chi connectivity index (χ4v) is 2.02. The smallest absolute Gasteiger partial charge is 0.165 e. The summed E-state index contributed by atoms with van der Waals surface area (Å²) in [6, 6.07) is 8.22. The molecule has 1 unspecified atom stereocenters. The van der Waals surface area contributed by atoms with Crippen molar-refractivity contribution in [2.75, 3.05) is 14.2 Å². The highest BCUT2D eigenvalue weighted by molar-refractivity contribution is 6.30. The lowest BCUT2D eigenvalue weighted by atomic mass is 10.0. The first-order valence-electron chi connectivity index (χ1n) is 5.78. The third-order valence-electron chi connectivity index (χ3n) is 2.84. The largest absolute Gasteiger partial charge is 0.494 e. The van der Waals surface area contributed by atoms with E-state index in [2.05, 4.69) is 10.3 Å². The first kappa shape index (κ1) is 13.8. The van der Waals surface area contributed by atoms with Crippen LogP contribution in [0.25, 0.3) is 0 Å². The third-order valence-corrected chi connectivity index (χ3v) is 3.07. The van der Waals surface area contributed by atoms with Crippen molar-refractivity contribution >= 4 is 11.6 Å². The maximum absolute atomic E-state index is 13.7. The van der Waals surface area contributed by atoms with E-state index in [-0.39, 0.29) is 11.8 Å². The van der Waals surface area contributed by atoms with Crippen molar-refractivity contribution in [3.05, 3.63) is 58.6 Å². The summed E-state index contributed by atoms with van der Waals surface area (Å²) in [7, 11) is 3.23. The maximum atomic E-state index is 13.7. The molecule has 0 bridgehead atoms. The summed E-state index contributed by atoms with van der Waals surface area (Å²) in [6.45, 7) is 0. The monoisotopic (exact) mass is 280 g/mol. The number of hydrogen-bond acceptors (Lipinski definition) is 3. The van der Waals surface area contributed by atoms with Crippen LogP contribution in [0.15, 0.2) is 36.5 Å². The zero-order valence-electron chi connectivity index (χ0n) is 10.7. The second kappa shape index (κ2) is 5.99. The Balaban J connectivity index is 2.36. The van der Waals surface area contributed by atoms with E-state index in [9.17, 15) is 4.39 Å². The molecule has 1 aromatic heterocycles. The summed E-state index contributed by atoms with van der Waals surface area (Å²) in [5.41, 5.74) is 1.55. The van der Waals surface area contributed by atoms with Crippen molar-refractivity contribution in [2.24, 2.45) is 0 Å². The van der Waals surface area contributed by atoms with Crippen LogP contribution in [0.5, 0.6) is 5.75 Å². The highest BCUT2D eigenvalue weighted by Gasteiger charge is 2.15. The number of pyridine rings is 1. The molecule has 0 fully saturated rings. The summed E-state index contributed by atoms with van der Waals surface area (Å²) < 4.78 is 18.6. The van der Waals surface area contributed by atoms with Crippen LogP contribution in [0.3, 0.4) is 0 Å². The minimum absolute atomic E-state index is 0.197. The van der Waals surface area contributed by atoms with Gasteiger partial charge >= 0.3 is 0 Å². The van der Waals surface area contributed by atoms with Crippen LogP contribution in [0.2, 0.25) is 5.02 Å². The summed E-state index contributed by atoms with van der Waals surface area (Å²) in [5.74, 6) is -0.170. The van der Waals surface area contributed by atoms with Crippen molar-refractivity contribution in [1.29, 1.82) is 0 Å². The van der Waals surface area contributed by atoms with Gasteiger partial charge in [-0.1, -0.05) is 17.7 Å². The van der Waals surface area contributed by atoms with Crippen LogP contribution >= 0.6 is 11.6 Å². The zero-order chi connectivity index (χ0) is 13.8. The molecular formula is C14H14ClFN2O. The van der Waals surface area contributed by atoms with Crippen LogP contribution in [0.4, 0.5) is 4.39 Å². The molecule has 1 aromatic carbocycles. The first-order valence-corrected chi connectivity index (χ1v) is 6.15. The first-order chi connectivity index (χ1) is 9.15. The standard InChI is InChI=1S/C14H14ClFN2O/c1-17-14(12-5-4-10(15)8-18-12)9-3-6-13(19-2)11(16)7-9/h3-8,14,17H,1-2H3. The Morgan fingerprint density at radius 3 is 2.63 bits per heavy atom. The summed E-state index contributed by atoms with van der Waals surface area (Å²) in [4.78, 5) is 4.25. The molecule has 0 aliphatic carbocycles. The van der Waals surface area contributed by atoms with E-state index in [1.807, 2.05) is 6.07 Å². The van der Waals surface area contributed by atoms with E-state index >= 15 is 0 Å². The quantitative estimate of drug-likeness (QED) is 0.934. The van der Waals surface area contributed by atoms with Crippen molar-refractivity contribution < 1.29 is 9.13 Å². The summed E-state index contributed by atoms with van der Waals surface area (Å²) in [5, 5.41) is 3.67. The lowest BCUT2D eigenvalue weighted by Crippen LogP contribution is -2.19. The number of halogens is 2. The van der Waals surface area contributed by atoms with Crippen LogP contribution in [0, 0.1) is 5.82 Å². The predicted octanol–water partition coefficient (Wildman–Crippen LogP) is 3.19. The van der Waals surface area contributed by atoms with Gasteiger partial charge in [-0.2, -0.15) is 0 Å². The number of methoxy groups -OCH3 is 1. The number of aromatic nitrogens is 1. The van der Waals surface area contributed by atoms with Crippen molar-refractivity contribution in [1.82, 2.24) is 10.3 Å². The molecule has 1 N–H and O–H groups in total. The number of hydrogen-bond donors (Lipinski definition) is 1. The number of rotatable bonds is 4. The maximum Gasteiger partial charge on any atom is 0.165 e. The second-order valence-corrected chi connectivity index (χ2v) is 4.45. The Hall–Kier alpha value is -1.65. The Morgan fingerprint density at radius 2 is 2.11 bits per heavy atom. The fourth-order valence-electron chi connectivity index (χ4n) is 1.91. The summed E-state index contributed by atoms with van der Waals surface area (Å²) >= 11 is 5.81. The molecule has 19 heavy (non-hydrogen) atoms. The van der Waals surface area contributed by atoms with Crippen LogP contribution in [0.1, 0.15) is 17.3 Å². The molecule has 2 aromatic rings. The highest BCUT2D eigenvalue weighted by Crippen LogP contribution is 2.25. The molecule has 2 rings (SSSR count). The molecular weight excluding hydrogens is 267 g/mol. The van der Waals surface area contributed by atoms with Gasteiger partial charge in [0, 0.05) is 6.20 Å². The van der Waals surface area contributed by atoms with Crippen LogP contribution in [-0.2, 0) is 0 Å². The molecule has 0 aliphatic rings. The SMILES string of the molecule is CNC(c1ccc(OC)c(F)c1)c1ccc(Cl)cn1. The Labute approximate surface area is 116 Å². The number of nitrogens with zero attached hydrogens (tertiary/aromatic N) is 1. The Bertz CT molecular complexity index is 560. The number of benzene rings is 1. The van der Waals surface area contributed by atoms with Gasteiger partial charge in [-0.25, -0.2) is 4.39 Å². The second-order valence-electron chi connectivity index (χ2n) is 4.02. The normalized spacial score (nSPS) is 12.2. The summed E-state index contributed by atoms with van der Waals surface area (Å²) in [6.07, 6.45) is 1.57. The van der Waals surface area contributed by atoms with Gasteiger partial charge in [0.15, 0.2) is 11.6 Å². The minimum atomic E-state index is -0.394. The molecule has 0 saturated carbocycles. The number of nitrogens with one attached hydrogen (secondary N) is 1. The van der Waals surface area contributed by atoms with E-state index in [4.69, 9.17) is 16.3 Å². The lowest BCUT2D eigenvalue weighted by Gasteiger charge is -2.17. The van der Waals surface area contributed by atoms with E-state index in [0.29, 0.717) is 5.02 Å². The average molecular weight is 281 g/mol. The average Bonchev–Trinajstić information content (AvgIpc) is 2.42. The van der Waals surface area contributed by atoms with Crippen molar-refractivity contribution in [3.63, 3.8) is 0 Å². The van der Waals surface area contributed by atoms with Gasteiger partial charge in [0.05, 0.1) is 23.9 Å². The van der Waals surface area contributed by atoms with E-state index in [1.54, 1.807) is 31.4 Å². The topological polar surface area (TPSA) is 34.1 Å². The van der Waals surface area contributed by atoms with Gasteiger partial charge in [-0.3, -0.25) is 4.98 Å². The molecule has 5 heteroatoms. The lowest BCUT2D eigenvalue weighted by molar-refractivity contribution is 0.386. The van der Waals surface area contributed by atoms with Gasteiger partial charge in [0.2, 0.25) is 0 Å². The van der Waals surface area contributed by atoms with E-state index in [1.165, 1.54) is 13.2 Å². The molecule has 100 valence electrons. The van der Waals surface area contributed by atoms with Gasteiger partial charge in [-0.15, -0.1) is 0 Å². The van der Waals surface area contributed by atoms with Gasteiger partial charge in [-0.05, 0) is 36.9 Å². The Kier molecular flexibility index (Phi) is 4.35.